The number of aryl methyl sites for hydroxylation is 1. The zero-order chi connectivity index (χ0) is 13.0. The summed E-state index contributed by atoms with van der Waals surface area (Å²) in [5.74, 6) is 2.29. The van der Waals surface area contributed by atoms with Gasteiger partial charge in [0, 0.05) is 25.1 Å². The quantitative estimate of drug-likeness (QED) is 0.855. The summed E-state index contributed by atoms with van der Waals surface area (Å²) < 4.78 is 0. The van der Waals surface area contributed by atoms with Crippen molar-refractivity contribution in [2.45, 2.75) is 46.0 Å². The van der Waals surface area contributed by atoms with E-state index >= 15 is 0 Å². The number of nitrogens with one attached hydrogen (secondary N) is 1. The van der Waals surface area contributed by atoms with E-state index in [1.807, 2.05) is 6.92 Å². The Morgan fingerprint density at radius 3 is 2.61 bits per heavy atom. The SMILES string of the molecule is CCCc1nc(N)c(C)c(NN2CCCCC2)n1. The van der Waals surface area contributed by atoms with Crippen molar-refractivity contribution in [2.75, 3.05) is 24.2 Å². The van der Waals surface area contributed by atoms with Crippen LogP contribution in [0.5, 0.6) is 0 Å². The number of nitrogen functional groups attached to an aromatic ring is 1. The van der Waals surface area contributed by atoms with Crippen LogP contribution in [0.4, 0.5) is 11.6 Å². The van der Waals surface area contributed by atoms with Crippen molar-refractivity contribution < 1.29 is 0 Å². The first kappa shape index (κ1) is 13.1. The summed E-state index contributed by atoms with van der Waals surface area (Å²) in [6.07, 6.45) is 5.72. The Labute approximate surface area is 109 Å². The van der Waals surface area contributed by atoms with Crippen LogP contribution in [0.2, 0.25) is 0 Å². The van der Waals surface area contributed by atoms with Crippen LogP contribution in [-0.4, -0.2) is 28.1 Å². The molecule has 18 heavy (non-hydrogen) atoms. The first-order valence-corrected chi connectivity index (χ1v) is 6.85. The fourth-order valence-electron chi connectivity index (χ4n) is 2.18. The van der Waals surface area contributed by atoms with Gasteiger partial charge in [0.15, 0.2) is 0 Å². The van der Waals surface area contributed by atoms with Crippen LogP contribution in [-0.2, 0) is 6.42 Å². The average molecular weight is 249 g/mol. The van der Waals surface area contributed by atoms with Crippen molar-refractivity contribution in [2.24, 2.45) is 0 Å². The lowest BCUT2D eigenvalue weighted by atomic mass is 10.2. The fourth-order valence-corrected chi connectivity index (χ4v) is 2.18. The van der Waals surface area contributed by atoms with Gasteiger partial charge in [0.25, 0.3) is 0 Å². The molecule has 1 aliphatic rings. The highest BCUT2D eigenvalue weighted by Crippen LogP contribution is 2.19. The number of rotatable bonds is 4. The lowest BCUT2D eigenvalue weighted by Gasteiger charge is -2.28. The Balaban J connectivity index is 2.14. The Morgan fingerprint density at radius 1 is 1.22 bits per heavy atom. The van der Waals surface area contributed by atoms with Gasteiger partial charge in [-0.1, -0.05) is 13.3 Å². The number of hydrazine groups is 1. The third kappa shape index (κ3) is 3.10. The Kier molecular flexibility index (Phi) is 4.36. The van der Waals surface area contributed by atoms with Gasteiger partial charge in [-0.3, -0.25) is 0 Å². The molecule has 1 aromatic heterocycles. The van der Waals surface area contributed by atoms with E-state index in [1.165, 1.54) is 19.3 Å². The molecular weight excluding hydrogens is 226 g/mol. The molecule has 0 amide bonds. The lowest BCUT2D eigenvalue weighted by Crippen LogP contribution is -2.35. The van der Waals surface area contributed by atoms with Crippen molar-refractivity contribution in [1.29, 1.82) is 0 Å². The Hall–Kier alpha value is -1.36. The third-order valence-corrected chi connectivity index (χ3v) is 3.32. The molecule has 1 fully saturated rings. The van der Waals surface area contributed by atoms with Crippen molar-refractivity contribution >= 4 is 11.6 Å². The number of aromatic nitrogens is 2. The number of piperidine rings is 1. The average Bonchev–Trinajstić information content (AvgIpc) is 2.37. The van der Waals surface area contributed by atoms with Crippen molar-refractivity contribution in [3.05, 3.63) is 11.4 Å². The second-order valence-corrected chi connectivity index (χ2v) is 4.91. The molecule has 0 unspecified atom stereocenters. The van der Waals surface area contributed by atoms with Crippen LogP contribution < -0.4 is 11.2 Å². The molecule has 2 heterocycles. The molecule has 0 radical (unpaired) electrons. The zero-order valence-electron chi connectivity index (χ0n) is 11.4. The van der Waals surface area contributed by atoms with Gasteiger partial charge in [-0.25, -0.2) is 15.0 Å². The highest BCUT2D eigenvalue weighted by atomic mass is 15.5. The van der Waals surface area contributed by atoms with E-state index in [-0.39, 0.29) is 0 Å². The molecule has 0 bridgehead atoms. The van der Waals surface area contributed by atoms with Crippen molar-refractivity contribution in [3.8, 4) is 0 Å². The highest BCUT2D eigenvalue weighted by Gasteiger charge is 2.14. The largest absolute Gasteiger partial charge is 0.383 e. The van der Waals surface area contributed by atoms with Crippen molar-refractivity contribution in [1.82, 2.24) is 15.0 Å². The molecule has 5 nitrogen and oxygen atoms in total. The summed E-state index contributed by atoms with van der Waals surface area (Å²) in [6, 6.07) is 0. The molecule has 1 aliphatic heterocycles. The lowest BCUT2D eigenvalue weighted by molar-refractivity contribution is 0.272. The molecule has 0 aromatic carbocycles. The molecule has 0 spiro atoms. The molecule has 3 N–H and O–H groups in total. The van der Waals surface area contributed by atoms with Crippen LogP contribution in [0.3, 0.4) is 0 Å². The molecule has 0 atom stereocenters. The molecule has 0 aliphatic carbocycles. The van der Waals surface area contributed by atoms with E-state index in [9.17, 15) is 0 Å². The van der Waals surface area contributed by atoms with Gasteiger partial charge in [0.2, 0.25) is 0 Å². The van der Waals surface area contributed by atoms with E-state index < -0.39 is 0 Å². The van der Waals surface area contributed by atoms with E-state index in [0.717, 1.165) is 43.1 Å². The first-order valence-electron chi connectivity index (χ1n) is 6.85. The van der Waals surface area contributed by atoms with E-state index in [1.54, 1.807) is 0 Å². The predicted molar refractivity (Wildman–Crippen MR) is 74.2 cm³/mol. The summed E-state index contributed by atoms with van der Waals surface area (Å²) in [4.78, 5) is 8.90. The Bertz CT molecular complexity index is 399. The predicted octanol–water partition coefficient (Wildman–Crippen LogP) is 2.13. The molecule has 1 aromatic rings. The molecule has 100 valence electrons. The minimum atomic E-state index is 0.591. The van der Waals surface area contributed by atoms with E-state index in [4.69, 9.17) is 5.73 Å². The monoisotopic (exact) mass is 249 g/mol. The van der Waals surface area contributed by atoms with Crippen LogP contribution in [0.25, 0.3) is 0 Å². The molecule has 5 heteroatoms. The first-order chi connectivity index (χ1) is 8.70. The maximum Gasteiger partial charge on any atom is 0.149 e. The number of nitrogens with two attached hydrogens (primary N) is 1. The van der Waals surface area contributed by atoms with E-state index in [2.05, 4.69) is 27.3 Å². The van der Waals surface area contributed by atoms with Crippen LogP contribution >= 0.6 is 0 Å². The fraction of sp³-hybridized carbons (Fsp3) is 0.692. The molecule has 0 saturated carbocycles. The van der Waals surface area contributed by atoms with Gasteiger partial charge in [-0.15, -0.1) is 0 Å². The third-order valence-electron chi connectivity index (χ3n) is 3.32. The maximum absolute atomic E-state index is 5.95. The minimum Gasteiger partial charge on any atom is -0.383 e. The second kappa shape index (κ2) is 6.00. The molecule has 1 saturated heterocycles. The van der Waals surface area contributed by atoms with E-state index in [0.29, 0.717) is 5.82 Å². The summed E-state index contributed by atoms with van der Waals surface area (Å²) in [6.45, 7) is 6.24. The van der Waals surface area contributed by atoms with Gasteiger partial charge < -0.3 is 11.2 Å². The van der Waals surface area contributed by atoms with Crippen LogP contribution in [0.15, 0.2) is 0 Å². The van der Waals surface area contributed by atoms with Gasteiger partial charge in [0.1, 0.15) is 17.5 Å². The highest BCUT2D eigenvalue weighted by molar-refractivity contribution is 5.54. The molecule has 2 rings (SSSR count). The van der Waals surface area contributed by atoms with Gasteiger partial charge >= 0.3 is 0 Å². The Morgan fingerprint density at radius 2 is 1.94 bits per heavy atom. The van der Waals surface area contributed by atoms with Crippen molar-refractivity contribution in [3.63, 3.8) is 0 Å². The summed E-state index contributed by atoms with van der Waals surface area (Å²) in [5, 5.41) is 2.23. The van der Waals surface area contributed by atoms with Crippen LogP contribution in [0.1, 0.15) is 44.0 Å². The van der Waals surface area contributed by atoms with Gasteiger partial charge in [0.05, 0.1) is 0 Å². The number of nitrogens with zero attached hydrogens (tertiary/aromatic N) is 3. The van der Waals surface area contributed by atoms with Gasteiger partial charge in [-0.05, 0) is 26.2 Å². The summed E-state index contributed by atoms with van der Waals surface area (Å²) >= 11 is 0. The maximum atomic E-state index is 5.95. The minimum absolute atomic E-state index is 0.591. The summed E-state index contributed by atoms with van der Waals surface area (Å²) in [7, 11) is 0. The van der Waals surface area contributed by atoms with Crippen LogP contribution in [0, 0.1) is 6.92 Å². The smallest absolute Gasteiger partial charge is 0.149 e. The standard InChI is InChI=1S/C13H23N5/c1-3-7-11-15-12(14)10(2)13(16-11)17-18-8-5-4-6-9-18/h3-9H2,1-2H3,(H3,14,15,16,17). The second-order valence-electron chi connectivity index (χ2n) is 4.91. The normalized spacial score (nSPS) is 16.8. The number of anilines is 2. The topological polar surface area (TPSA) is 67.1 Å². The summed E-state index contributed by atoms with van der Waals surface area (Å²) in [5.41, 5.74) is 10.3. The number of hydrogen-bond acceptors (Lipinski definition) is 5. The number of hydrogen-bond donors (Lipinski definition) is 2. The molecular formula is C13H23N5. The zero-order valence-corrected chi connectivity index (χ0v) is 11.4. The van der Waals surface area contributed by atoms with Gasteiger partial charge in [-0.2, -0.15) is 0 Å².